The molecule has 2 rings (SSSR count). The molecule has 112 valence electrons. The standard InChI is InChI=1S/C18H24N2O/c1-13-12-14(7-8-16(13)18(2,3)4)17(21)20-11-9-15-6-5-10-19-15/h6-8,10,12H,5,9,11H2,1-4H3,(H,20,21). The van der Waals surface area contributed by atoms with Gasteiger partial charge in [-0.3, -0.25) is 9.79 Å². The Morgan fingerprint density at radius 3 is 2.67 bits per heavy atom. The second-order valence-electron chi connectivity index (χ2n) is 6.53. The molecule has 1 aliphatic rings. The van der Waals surface area contributed by atoms with Gasteiger partial charge < -0.3 is 5.32 Å². The van der Waals surface area contributed by atoms with Gasteiger partial charge in [0.25, 0.3) is 5.91 Å². The summed E-state index contributed by atoms with van der Waals surface area (Å²) in [6.45, 7) is 9.25. The van der Waals surface area contributed by atoms with E-state index in [9.17, 15) is 4.79 Å². The van der Waals surface area contributed by atoms with Crippen LogP contribution in [0.4, 0.5) is 0 Å². The number of hydrogen-bond donors (Lipinski definition) is 1. The van der Waals surface area contributed by atoms with Gasteiger partial charge in [-0.25, -0.2) is 0 Å². The van der Waals surface area contributed by atoms with Gasteiger partial charge in [0.15, 0.2) is 0 Å². The molecule has 0 fully saturated rings. The van der Waals surface area contributed by atoms with Crippen molar-refractivity contribution >= 4 is 12.1 Å². The lowest BCUT2D eigenvalue weighted by Crippen LogP contribution is -2.25. The average molecular weight is 284 g/mol. The Morgan fingerprint density at radius 1 is 1.33 bits per heavy atom. The molecule has 0 aromatic heterocycles. The number of rotatable bonds is 4. The summed E-state index contributed by atoms with van der Waals surface area (Å²) < 4.78 is 0. The first kappa shape index (κ1) is 15.5. The summed E-state index contributed by atoms with van der Waals surface area (Å²) >= 11 is 0. The minimum atomic E-state index is -0.0128. The molecule has 1 aromatic rings. The van der Waals surface area contributed by atoms with Crippen LogP contribution in [0.5, 0.6) is 0 Å². The van der Waals surface area contributed by atoms with Crippen molar-refractivity contribution in [2.24, 2.45) is 4.99 Å². The number of aryl methyl sites for hydroxylation is 1. The van der Waals surface area contributed by atoms with Crippen LogP contribution in [0.15, 0.2) is 35.0 Å². The van der Waals surface area contributed by atoms with Crippen molar-refractivity contribution in [2.75, 3.05) is 6.54 Å². The number of carbonyl (C=O) groups is 1. The highest BCUT2D eigenvalue weighted by Crippen LogP contribution is 2.26. The highest BCUT2D eigenvalue weighted by atomic mass is 16.1. The predicted octanol–water partition coefficient (Wildman–Crippen LogP) is 3.77. The maximum atomic E-state index is 12.2. The zero-order chi connectivity index (χ0) is 15.5. The molecular weight excluding hydrogens is 260 g/mol. The lowest BCUT2D eigenvalue weighted by Gasteiger charge is -2.22. The first-order chi connectivity index (χ1) is 9.88. The van der Waals surface area contributed by atoms with E-state index in [0.717, 1.165) is 24.1 Å². The third kappa shape index (κ3) is 4.03. The van der Waals surface area contributed by atoms with Crippen molar-refractivity contribution in [3.63, 3.8) is 0 Å². The van der Waals surface area contributed by atoms with Crippen molar-refractivity contribution in [3.05, 3.63) is 46.7 Å². The fourth-order valence-electron chi connectivity index (χ4n) is 2.63. The molecule has 21 heavy (non-hydrogen) atoms. The third-order valence-corrected chi connectivity index (χ3v) is 3.68. The third-order valence-electron chi connectivity index (χ3n) is 3.68. The molecule has 1 aromatic carbocycles. The van der Waals surface area contributed by atoms with Crippen molar-refractivity contribution in [1.29, 1.82) is 0 Å². The monoisotopic (exact) mass is 284 g/mol. The maximum Gasteiger partial charge on any atom is 0.251 e. The fraction of sp³-hybridized carbons (Fsp3) is 0.444. The molecule has 0 aliphatic carbocycles. The van der Waals surface area contributed by atoms with Crippen LogP contribution >= 0.6 is 0 Å². The zero-order valence-electron chi connectivity index (χ0n) is 13.4. The minimum Gasteiger partial charge on any atom is -0.352 e. The van der Waals surface area contributed by atoms with E-state index in [1.165, 1.54) is 11.1 Å². The molecule has 0 unspecified atom stereocenters. The number of carbonyl (C=O) groups excluding carboxylic acids is 1. The molecular formula is C18H24N2O. The maximum absolute atomic E-state index is 12.2. The lowest BCUT2D eigenvalue weighted by molar-refractivity contribution is 0.0954. The topological polar surface area (TPSA) is 41.5 Å². The Bertz CT molecular complexity index is 592. The van der Waals surface area contributed by atoms with Crippen LogP contribution < -0.4 is 5.32 Å². The molecule has 0 atom stereocenters. The van der Waals surface area contributed by atoms with Crippen LogP contribution in [-0.2, 0) is 5.41 Å². The Hall–Kier alpha value is -1.90. The number of nitrogens with one attached hydrogen (secondary N) is 1. The Kier molecular flexibility index (Phi) is 4.61. The summed E-state index contributed by atoms with van der Waals surface area (Å²) in [5.41, 5.74) is 4.34. The SMILES string of the molecule is Cc1cc(C(=O)NCCC2=CCC=N2)ccc1C(C)(C)C. The van der Waals surface area contributed by atoms with Crippen LogP contribution in [0.1, 0.15) is 55.1 Å². The van der Waals surface area contributed by atoms with E-state index in [0.29, 0.717) is 6.54 Å². The first-order valence-corrected chi connectivity index (χ1v) is 7.49. The molecule has 3 heteroatoms. The Balaban J connectivity index is 1.96. The van der Waals surface area contributed by atoms with E-state index in [-0.39, 0.29) is 11.3 Å². The van der Waals surface area contributed by atoms with Crippen molar-refractivity contribution < 1.29 is 4.79 Å². The van der Waals surface area contributed by atoms with Crippen LogP contribution in [0, 0.1) is 6.92 Å². The normalized spacial score (nSPS) is 14.2. The van der Waals surface area contributed by atoms with Gasteiger partial charge in [0.2, 0.25) is 0 Å². The largest absolute Gasteiger partial charge is 0.352 e. The summed E-state index contributed by atoms with van der Waals surface area (Å²) in [4.78, 5) is 16.4. The highest BCUT2D eigenvalue weighted by Gasteiger charge is 2.17. The molecule has 1 aliphatic heterocycles. The highest BCUT2D eigenvalue weighted by molar-refractivity contribution is 5.94. The van der Waals surface area contributed by atoms with Crippen LogP contribution in [0.2, 0.25) is 0 Å². The minimum absolute atomic E-state index is 0.0128. The first-order valence-electron chi connectivity index (χ1n) is 7.49. The van der Waals surface area contributed by atoms with Gasteiger partial charge in [-0.2, -0.15) is 0 Å². The molecule has 1 amide bonds. The van der Waals surface area contributed by atoms with E-state index in [1.807, 2.05) is 18.3 Å². The molecule has 3 nitrogen and oxygen atoms in total. The summed E-state index contributed by atoms with van der Waals surface area (Å²) in [6, 6.07) is 5.95. The Labute approximate surface area is 127 Å². The van der Waals surface area contributed by atoms with Gasteiger partial charge in [0.1, 0.15) is 0 Å². The quantitative estimate of drug-likeness (QED) is 0.898. The van der Waals surface area contributed by atoms with Crippen molar-refractivity contribution in [3.8, 4) is 0 Å². The van der Waals surface area contributed by atoms with Gasteiger partial charge in [-0.15, -0.1) is 0 Å². The van der Waals surface area contributed by atoms with E-state index in [1.54, 1.807) is 0 Å². The second-order valence-corrected chi connectivity index (χ2v) is 6.53. The van der Waals surface area contributed by atoms with Gasteiger partial charge in [0.05, 0.1) is 0 Å². The lowest BCUT2D eigenvalue weighted by atomic mass is 9.83. The van der Waals surface area contributed by atoms with E-state index in [2.05, 4.69) is 50.1 Å². The smallest absolute Gasteiger partial charge is 0.251 e. The van der Waals surface area contributed by atoms with Crippen molar-refractivity contribution in [2.45, 2.75) is 46.0 Å². The predicted molar refractivity (Wildman–Crippen MR) is 88.0 cm³/mol. The molecule has 1 heterocycles. The number of amides is 1. The summed E-state index contributed by atoms with van der Waals surface area (Å²) in [5, 5.41) is 2.96. The zero-order valence-corrected chi connectivity index (χ0v) is 13.4. The molecule has 0 bridgehead atoms. The van der Waals surface area contributed by atoms with Gasteiger partial charge >= 0.3 is 0 Å². The van der Waals surface area contributed by atoms with E-state index in [4.69, 9.17) is 0 Å². The van der Waals surface area contributed by atoms with Crippen LogP contribution in [-0.4, -0.2) is 18.7 Å². The van der Waals surface area contributed by atoms with Crippen LogP contribution in [0.3, 0.4) is 0 Å². The molecule has 0 spiro atoms. The van der Waals surface area contributed by atoms with Gasteiger partial charge in [-0.05, 0) is 35.6 Å². The number of hydrogen-bond acceptors (Lipinski definition) is 2. The van der Waals surface area contributed by atoms with E-state index < -0.39 is 0 Å². The number of benzene rings is 1. The second kappa shape index (κ2) is 6.25. The molecule has 1 N–H and O–H groups in total. The van der Waals surface area contributed by atoms with E-state index >= 15 is 0 Å². The van der Waals surface area contributed by atoms with Gasteiger partial charge in [-0.1, -0.05) is 32.9 Å². The number of allylic oxidation sites excluding steroid dienone is 1. The summed E-state index contributed by atoms with van der Waals surface area (Å²) in [6.07, 6.45) is 5.69. The number of nitrogens with zero attached hydrogens (tertiary/aromatic N) is 1. The summed E-state index contributed by atoms with van der Waals surface area (Å²) in [7, 11) is 0. The molecule has 0 radical (unpaired) electrons. The molecule has 0 saturated carbocycles. The summed E-state index contributed by atoms with van der Waals surface area (Å²) in [5.74, 6) is -0.0128. The van der Waals surface area contributed by atoms with Crippen LogP contribution in [0.25, 0.3) is 0 Å². The number of aliphatic imine (C=N–C) groups is 1. The molecule has 0 saturated heterocycles. The average Bonchev–Trinajstić information content (AvgIpc) is 2.90. The van der Waals surface area contributed by atoms with Crippen molar-refractivity contribution in [1.82, 2.24) is 5.32 Å². The Morgan fingerprint density at radius 2 is 2.10 bits per heavy atom. The van der Waals surface area contributed by atoms with Gasteiger partial charge in [0, 0.05) is 36.9 Å². The fourth-order valence-corrected chi connectivity index (χ4v) is 2.63.